The first kappa shape index (κ1) is 10.0. The minimum atomic E-state index is -3.65. The third-order valence-corrected chi connectivity index (χ3v) is 3.20. The molecule has 0 aromatic carbocycles. The molecule has 2 heterocycles. The Hall–Kier alpha value is -1.50. The normalized spacial score (nSPS) is 17.3. The maximum Gasteiger partial charge on any atom is 0.305 e. The van der Waals surface area contributed by atoms with Gasteiger partial charge < -0.3 is 5.32 Å². The lowest BCUT2D eigenvalue weighted by Crippen LogP contribution is -2.15. The second-order valence-electron chi connectivity index (χ2n) is 3.50. The first-order valence-electron chi connectivity index (χ1n) is 4.43. The van der Waals surface area contributed by atoms with Crippen molar-refractivity contribution < 1.29 is 8.42 Å². The van der Waals surface area contributed by atoms with E-state index in [2.05, 4.69) is 19.9 Å². The molecule has 0 radical (unpaired) electrons. The standard InChI is InChI=1S/C8H10N4O2S/c1-5(2)6-3-7-8(12-11-6)15(13,14)10-4-9-7/h3-5H,1-2H3,(H,9,10). The van der Waals surface area contributed by atoms with Crippen LogP contribution < -0.4 is 5.32 Å². The molecule has 0 bridgehead atoms. The quantitative estimate of drug-likeness (QED) is 0.763. The molecular weight excluding hydrogens is 216 g/mol. The molecule has 1 aliphatic rings. The van der Waals surface area contributed by atoms with Gasteiger partial charge in [-0.3, -0.25) is 0 Å². The van der Waals surface area contributed by atoms with Crippen molar-refractivity contribution in [1.29, 1.82) is 0 Å². The second kappa shape index (κ2) is 3.27. The average molecular weight is 226 g/mol. The fourth-order valence-electron chi connectivity index (χ4n) is 1.19. The van der Waals surface area contributed by atoms with Crippen molar-refractivity contribution in [3.8, 4) is 0 Å². The van der Waals surface area contributed by atoms with Gasteiger partial charge >= 0.3 is 10.0 Å². The summed E-state index contributed by atoms with van der Waals surface area (Å²) in [6, 6.07) is 1.68. The number of anilines is 1. The third kappa shape index (κ3) is 1.70. The Morgan fingerprint density at radius 3 is 2.73 bits per heavy atom. The monoisotopic (exact) mass is 226 g/mol. The highest BCUT2D eigenvalue weighted by molar-refractivity contribution is 7.90. The van der Waals surface area contributed by atoms with E-state index in [9.17, 15) is 8.42 Å². The van der Waals surface area contributed by atoms with Gasteiger partial charge in [0.15, 0.2) is 0 Å². The number of hydrogen-bond acceptors (Lipinski definition) is 5. The molecule has 2 rings (SSSR count). The number of nitrogens with zero attached hydrogens (tertiary/aromatic N) is 3. The number of aromatic nitrogens is 2. The van der Waals surface area contributed by atoms with E-state index in [0.29, 0.717) is 5.69 Å². The molecule has 0 saturated heterocycles. The molecule has 1 aliphatic heterocycles. The molecule has 0 saturated carbocycles. The van der Waals surface area contributed by atoms with Crippen molar-refractivity contribution in [2.45, 2.75) is 24.8 Å². The van der Waals surface area contributed by atoms with Crippen molar-refractivity contribution in [3.05, 3.63) is 11.8 Å². The average Bonchev–Trinajstić information content (AvgIpc) is 2.16. The van der Waals surface area contributed by atoms with Crippen molar-refractivity contribution in [1.82, 2.24) is 10.2 Å². The lowest BCUT2D eigenvalue weighted by Gasteiger charge is -2.12. The summed E-state index contributed by atoms with van der Waals surface area (Å²) < 4.78 is 26.1. The van der Waals surface area contributed by atoms with E-state index in [-0.39, 0.29) is 10.9 Å². The molecule has 80 valence electrons. The zero-order valence-electron chi connectivity index (χ0n) is 8.30. The highest BCUT2D eigenvalue weighted by Crippen LogP contribution is 2.25. The van der Waals surface area contributed by atoms with Crippen LogP contribution in [0.3, 0.4) is 0 Å². The van der Waals surface area contributed by atoms with Crippen LogP contribution in [0.5, 0.6) is 0 Å². The summed E-state index contributed by atoms with van der Waals surface area (Å²) in [6.45, 7) is 3.92. The summed E-state index contributed by atoms with van der Waals surface area (Å²) in [5, 5.41) is 10.1. The summed E-state index contributed by atoms with van der Waals surface area (Å²) in [6.07, 6.45) is 1.14. The Kier molecular flexibility index (Phi) is 2.18. The molecule has 15 heavy (non-hydrogen) atoms. The summed E-state index contributed by atoms with van der Waals surface area (Å²) in [5.41, 5.74) is 1.18. The van der Waals surface area contributed by atoms with E-state index in [1.54, 1.807) is 6.07 Å². The highest BCUT2D eigenvalue weighted by atomic mass is 32.2. The summed E-state index contributed by atoms with van der Waals surface area (Å²) >= 11 is 0. The minimum absolute atomic E-state index is 0.116. The van der Waals surface area contributed by atoms with Crippen LogP contribution in [0.25, 0.3) is 0 Å². The van der Waals surface area contributed by atoms with Gasteiger partial charge in [0, 0.05) is 0 Å². The van der Waals surface area contributed by atoms with Gasteiger partial charge in [0.25, 0.3) is 0 Å². The number of nitrogens with one attached hydrogen (secondary N) is 1. The van der Waals surface area contributed by atoms with Crippen LogP contribution in [0, 0.1) is 0 Å². The molecule has 0 aliphatic carbocycles. The zero-order valence-corrected chi connectivity index (χ0v) is 9.11. The number of fused-ring (bicyclic) bond motifs is 1. The van der Waals surface area contributed by atoms with Crippen LogP contribution in [0.2, 0.25) is 0 Å². The van der Waals surface area contributed by atoms with Gasteiger partial charge in [-0.05, 0) is 12.0 Å². The van der Waals surface area contributed by atoms with E-state index in [1.807, 2.05) is 13.8 Å². The van der Waals surface area contributed by atoms with Crippen LogP contribution in [0.4, 0.5) is 5.69 Å². The van der Waals surface area contributed by atoms with E-state index >= 15 is 0 Å². The molecule has 0 amide bonds. The predicted molar refractivity (Wildman–Crippen MR) is 55.4 cm³/mol. The van der Waals surface area contributed by atoms with Crippen molar-refractivity contribution in [2.24, 2.45) is 4.40 Å². The van der Waals surface area contributed by atoms with Gasteiger partial charge in [-0.1, -0.05) is 13.8 Å². The molecule has 6 nitrogen and oxygen atoms in total. The van der Waals surface area contributed by atoms with Gasteiger partial charge in [-0.2, -0.15) is 13.5 Å². The molecular formula is C8H10N4O2S. The Morgan fingerprint density at radius 1 is 1.33 bits per heavy atom. The SMILES string of the molecule is CC(C)c1cc2c(nn1)S(=O)(=O)N=CN2. The Labute approximate surface area is 87.5 Å². The first-order chi connectivity index (χ1) is 7.00. The molecule has 1 aromatic heterocycles. The maximum absolute atomic E-state index is 11.4. The van der Waals surface area contributed by atoms with E-state index in [1.165, 1.54) is 0 Å². The molecule has 0 atom stereocenters. The summed E-state index contributed by atoms with van der Waals surface area (Å²) in [7, 11) is -3.65. The zero-order chi connectivity index (χ0) is 11.1. The highest BCUT2D eigenvalue weighted by Gasteiger charge is 2.23. The summed E-state index contributed by atoms with van der Waals surface area (Å²) in [5.74, 6) is 0.200. The number of rotatable bonds is 1. The third-order valence-electron chi connectivity index (χ3n) is 2.03. The van der Waals surface area contributed by atoms with Crippen LogP contribution in [-0.4, -0.2) is 25.0 Å². The fourth-order valence-corrected chi connectivity index (χ4v) is 2.02. The smallest absolute Gasteiger partial charge is 0.305 e. The Bertz CT molecular complexity index is 521. The fraction of sp³-hybridized carbons (Fsp3) is 0.375. The molecule has 1 aromatic rings. The van der Waals surface area contributed by atoms with Gasteiger partial charge in [0.1, 0.15) is 6.34 Å². The van der Waals surface area contributed by atoms with Crippen molar-refractivity contribution >= 4 is 22.0 Å². The van der Waals surface area contributed by atoms with E-state index in [0.717, 1.165) is 12.0 Å². The van der Waals surface area contributed by atoms with Gasteiger partial charge in [-0.25, -0.2) is 0 Å². The van der Waals surface area contributed by atoms with Gasteiger partial charge in [0.2, 0.25) is 5.03 Å². The van der Waals surface area contributed by atoms with Gasteiger partial charge in [-0.15, -0.1) is 9.50 Å². The molecule has 7 heteroatoms. The largest absolute Gasteiger partial charge is 0.343 e. The van der Waals surface area contributed by atoms with Crippen molar-refractivity contribution in [3.63, 3.8) is 0 Å². The van der Waals surface area contributed by atoms with Gasteiger partial charge in [0.05, 0.1) is 11.4 Å². The molecule has 0 fully saturated rings. The maximum atomic E-state index is 11.4. The molecule has 1 N–H and O–H groups in total. The Balaban J connectivity index is 2.59. The first-order valence-corrected chi connectivity index (χ1v) is 5.87. The Morgan fingerprint density at radius 2 is 2.07 bits per heavy atom. The lowest BCUT2D eigenvalue weighted by atomic mass is 10.1. The minimum Gasteiger partial charge on any atom is -0.343 e. The van der Waals surface area contributed by atoms with E-state index < -0.39 is 10.0 Å². The summed E-state index contributed by atoms with van der Waals surface area (Å²) in [4.78, 5) is 0. The molecule has 0 spiro atoms. The van der Waals surface area contributed by atoms with Crippen LogP contribution in [-0.2, 0) is 10.0 Å². The van der Waals surface area contributed by atoms with E-state index in [4.69, 9.17) is 0 Å². The predicted octanol–water partition coefficient (Wildman–Crippen LogP) is 0.742. The van der Waals surface area contributed by atoms with Crippen LogP contribution >= 0.6 is 0 Å². The molecule has 0 unspecified atom stereocenters. The topological polar surface area (TPSA) is 84.3 Å². The second-order valence-corrected chi connectivity index (χ2v) is 5.04. The number of sulfonamides is 1. The lowest BCUT2D eigenvalue weighted by molar-refractivity contribution is 0.591. The van der Waals surface area contributed by atoms with Crippen LogP contribution in [0.15, 0.2) is 15.5 Å². The number of hydrogen-bond donors (Lipinski definition) is 1. The van der Waals surface area contributed by atoms with Crippen molar-refractivity contribution in [2.75, 3.05) is 5.32 Å². The van der Waals surface area contributed by atoms with Crippen LogP contribution in [0.1, 0.15) is 25.5 Å².